The summed E-state index contributed by atoms with van der Waals surface area (Å²) in [5, 5.41) is 0. The zero-order chi connectivity index (χ0) is 11.7. The second kappa shape index (κ2) is 4.26. The van der Waals surface area contributed by atoms with Crippen LogP contribution in [-0.4, -0.2) is 15.3 Å². The summed E-state index contributed by atoms with van der Waals surface area (Å²) in [5.74, 6) is 0.440. The highest BCUT2D eigenvalue weighted by Gasteiger charge is 2.08. The molecule has 0 amide bonds. The fraction of sp³-hybridized carbons (Fsp3) is 0.333. The molecular formula is C12H13ClN2O. The van der Waals surface area contributed by atoms with Crippen LogP contribution < -0.4 is 5.56 Å². The minimum atomic E-state index is -0.00755. The largest absolute Gasteiger partial charge is 0.269 e. The van der Waals surface area contributed by atoms with Crippen LogP contribution in [0.3, 0.4) is 0 Å². The standard InChI is InChI=1S/C12H13ClN2O/c1-8-3-4-11-14-9(2)10(5-6-13)12(16)15(11)7-8/h3-4,7H,5-6H2,1-2H3. The van der Waals surface area contributed by atoms with Crippen molar-refractivity contribution < 1.29 is 0 Å². The third-order valence-corrected chi connectivity index (χ3v) is 2.80. The van der Waals surface area contributed by atoms with Gasteiger partial charge in [0.05, 0.1) is 0 Å². The van der Waals surface area contributed by atoms with Gasteiger partial charge in [-0.15, -0.1) is 11.6 Å². The highest BCUT2D eigenvalue weighted by atomic mass is 35.5. The lowest BCUT2D eigenvalue weighted by Gasteiger charge is -2.07. The van der Waals surface area contributed by atoms with Gasteiger partial charge in [0, 0.05) is 23.3 Å². The van der Waals surface area contributed by atoms with Crippen LogP contribution in [-0.2, 0) is 6.42 Å². The minimum absolute atomic E-state index is 0.00755. The molecule has 2 aromatic heterocycles. The summed E-state index contributed by atoms with van der Waals surface area (Å²) in [6.07, 6.45) is 2.37. The molecule has 0 aliphatic rings. The van der Waals surface area contributed by atoms with E-state index >= 15 is 0 Å². The molecule has 2 aromatic rings. The van der Waals surface area contributed by atoms with Crippen LogP contribution in [0.5, 0.6) is 0 Å². The normalized spacial score (nSPS) is 10.9. The summed E-state index contributed by atoms with van der Waals surface area (Å²) < 4.78 is 1.59. The Morgan fingerprint density at radius 1 is 1.38 bits per heavy atom. The third-order valence-electron chi connectivity index (χ3n) is 2.62. The number of hydrogen-bond acceptors (Lipinski definition) is 2. The fourth-order valence-electron chi connectivity index (χ4n) is 1.77. The Labute approximate surface area is 98.7 Å². The molecular weight excluding hydrogens is 224 g/mol. The van der Waals surface area contributed by atoms with Crippen molar-refractivity contribution in [3.05, 3.63) is 45.5 Å². The summed E-state index contributed by atoms with van der Waals surface area (Å²) in [7, 11) is 0. The molecule has 0 atom stereocenters. The molecule has 0 aliphatic carbocycles. The Bertz CT molecular complexity index is 589. The number of rotatable bonds is 2. The van der Waals surface area contributed by atoms with Gasteiger partial charge in [-0.25, -0.2) is 4.98 Å². The average molecular weight is 237 g/mol. The average Bonchev–Trinajstić information content (AvgIpc) is 2.26. The number of nitrogens with zero attached hydrogens (tertiary/aromatic N) is 2. The Morgan fingerprint density at radius 3 is 2.81 bits per heavy atom. The van der Waals surface area contributed by atoms with E-state index in [1.807, 2.05) is 32.2 Å². The van der Waals surface area contributed by atoms with Crippen LogP contribution in [0.15, 0.2) is 23.1 Å². The second-order valence-corrected chi connectivity index (χ2v) is 4.23. The van der Waals surface area contributed by atoms with Gasteiger partial charge in [-0.3, -0.25) is 9.20 Å². The molecule has 0 saturated carbocycles. The number of hydrogen-bond donors (Lipinski definition) is 0. The zero-order valence-corrected chi connectivity index (χ0v) is 10.1. The van der Waals surface area contributed by atoms with Crippen LogP contribution in [0.2, 0.25) is 0 Å². The number of fused-ring (bicyclic) bond motifs is 1. The highest BCUT2D eigenvalue weighted by molar-refractivity contribution is 6.17. The lowest BCUT2D eigenvalue weighted by Crippen LogP contribution is -2.22. The van der Waals surface area contributed by atoms with E-state index in [0.717, 1.165) is 11.3 Å². The van der Waals surface area contributed by atoms with Crippen molar-refractivity contribution in [2.24, 2.45) is 0 Å². The Hall–Kier alpha value is -1.35. The molecule has 0 bridgehead atoms. The van der Waals surface area contributed by atoms with Gasteiger partial charge in [0.25, 0.3) is 5.56 Å². The molecule has 2 heterocycles. The molecule has 0 aliphatic heterocycles. The SMILES string of the molecule is Cc1ccc2nc(C)c(CCCl)c(=O)n2c1. The first-order valence-corrected chi connectivity index (χ1v) is 5.71. The first kappa shape index (κ1) is 11.1. The minimum Gasteiger partial charge on any atom is -0.269 e. The van der Waals surface area contributed by atoms with Gasteiger partial charge in [-0.05, 0) is 31.9 Å². The molecule has 0 unspecified atom stereocenters. The van der Waals surface area contributed by atoms with E-state index in [4.69, 9.17) is 11.6 Å². The van der Waals surface area contributed by atoms with E-state index in [1.165, 1.54) is 0 Å². The molecule has 2 rings (SSSR count). The monoisotopic (exact) mass is 236 g/mol. The number of pyridine rings is 1. The first-order valence-electron chi connectivity index (χ1n) is 5.18. The van der Waals surface area contributed by atoms with E-state index in [-0.39, 0.29) is 5.56 Å². The van der Waals surface area contributed by atoms with Crippen molar-refractivity contribution in [2.75, 3.05) is 5.88 Å². The van der Waals surface area contributed by atoms with Gasteiger partial charge in [-0.1, -0.05) is 6.07 Å². The van der Waals surface area contributed by atoms with Crippen LogP contribution in [0.1, 0.15) is 16.8 Å². The van der Waals surface area contributed by atoms with Gasteiger partial charge in [0.2, 0.25) is 0 Å². The Kier molecular flexibility index (Phi) is 2.97. The molecule has 3 nitrogen and oxygen atoms in total. The number of aryl methyl sites for hydroxylation is 2. The Balaban J connectivity index is 2.80. The number of alkyl halides is 1. The Morgan fingerprint density at radius 2 is 2.12 bits per heavy atom. The lowest BCUT2D eigenvalue weighted by molar-refractivity contribution is 0.934. The van der Waals surface area contributed by atoms with E-state index < -0.39 is 0 Å². The molecule has 84 valence electrons. The van der Waals surface area contributed by atoms with E-state index in [0.29, 0.717) is 23.5 Å². The maximum Gasteiger partial charge on any atom is 0.261 e. The molecule has 0 fully saturated rings. The zero-order valence-electron chi connectivity index (χ0n) is 9.33. The predicted octanol–water partition coefficient (Wildman–Crippen LogP) is 2.09. The van der Waals surface area contributed by atoms with E-state index in [2.05, 4.69) is 4.98 Å². The lowest BCUT2D eigenvalue weighted by atomic mass is 10.2. The van der Waals surface area contributed by atoms with E-state index in [1.54, 1.807) is 4.40 Å². The fourth-order valence-corrected chi connectivity index (χ4v) is 1.96. The molecule has 0 radical (unpaired) electrons. The molecule has 0 aromatic carbocycles. The van der Waals surface area contributed by atoms with Crippen molar-refractivity contribution in [1.29, 1.82) is 0 Å². The van der Waals surface area contributed by atoms with Gasteiger partial charge < -0.3 is 0 Å². The van der Waals surface area contributed by atoms with Crippen LogP contribution >= 0.6 is 11.6 Å². The summed E-state index contributed by atoms with van der Waals surface area (Å²) in [6, 6.07) is 3.80. The predicted molar refractivity (Wildman–Crippen MR) is 65.4 cm³/mol. The summed E-state index contributed by atoms with van der Waals surface area (Å²) in [4.78, 5) is 16.6. The smallest absolute Gasteiger partial charge is 0.261 e. The molecule has 4 heteroatoms. The van der Waals surface area contributed by atoms with E-state index in [9.17, 15) is 4.79 Å². The van der Waals surface area contributed by atoms with Crippen LogP contribution in [0.4, 0.5) is 0 Å². The van der Waals surface area contributed by atoms with Gasteiger partial charge >= 0.3 is 0 Å². The van der Waals surface area contributed by atoms with Gasteiger partial charge in [0.15, 0.2) is 0 Å². The number of halogens is 1. The molecule has 0 saturated heterocycles. The van der Waals surface area contributed by atoms with Crippen molar-refractivity contribution >= 4 is 17.2 Å². The third kappa shape index (κ3) is 1.83. The first-order chi connectivity index (χ1) is 7.63. The summed E-state index contributed by atoms with van der Waals surface area (Å²) in [5.41, 5.74) is 3.20. The molecule has 0 spiro atoms. The highest BCUT2D eigenvalue weighted by Crippen LogP contribution is 2.06. The summed E-state index contributed by atoms with van der Waals surface area (Å²) in [6.45, 7) is 3.80. The quantitative estimate of drug-likeness (QED) is 0.749. The maximum absolute atomic E-state index is 12.2. The van der Waals surface area contributed by atoms with Crippen LogP contribution in [0.25, 0.3) is 5.65 Å². The van der Waals surface area contributed by atoms with Crippen molar-refractivity contribution in [3.8, 4) is 0 Å². The van der Waals surface area contributed by atoms with Crippen LogP contribution in [0, 0.1) is 13.8 Å². The number of aromatic nitrogens is 2. The summed E-state index contributed by atoms with van der Waals surface area (Å²) >= 11 is 5.69. The van der Waals surface area contributed by atoms with Gasteiger partial charge in [0.1, 0.15) is 5.65 Å². The topological polar surface area (TPSA) is 34.4 Å². The van der Waals surface area contributed by atoms with Crippen molar-refractivity contribution in [2.45, 2.75) is 20.3 Å². The molecule has 16 heavy (non-hydrogen) atoms. The van der Waals surface area contributed by atoms with Crippen molar-refractivity contribution in [3.63, 3.8) is 0 Å². The van der Waals surface area contributed by atoms with Gasteiger partial charge in [-0.2, -0.15) is 0 Å². The second-order valence-electron chi connectivity index (χ2n) is 3.85. The molecule has 0 N–H and O–H groups in total. The van der Waals surface area contributed by atoms with Crippen molar-refractivity contribution in [1.82, 2.24) is 9.38 Å². The maximum atomic E-state index is 12.2.